The fraction of sp³-hybridized carbons (Fsp3) is 0.800. The molecule has 15 heavy (non-hydrogen) atoms. The van der Waals surface area contributed by atoms with Crippen LogP contribution >= 0.6 is 0 Å². The summed E-state index contributed by atoms with van der Waals surface area (Å²) in [5, 5.41) is 0. The number of cyclic esters (lactones) is 1. The summed E-state index contributed by atoms with van der Waals surface area (Å²) < 4.78 is 9.64. The highest BCUT2D eigenvalue weighted by Crippen LogP contribution is 2.15. The summed E-state index contributed by atoms with van der Waals surface area (Å²) in [5.74, 6) is -0.717. The first-order chi connectivity index (χ1) is 7.08. The number of hydrogen-bond acceptors (Lipinski definition) is 5. The average Bonchev–Trinajstić information content (AvgIpc) is 2.21. The SMILES string of the molecule is CCN1C[C@@H](C)OC(=O)C1CC(=O)OC. The van der Waals surface area contributed by atoms with E-state index < -0.39 is 6.04 Å². The number of esters is 2. The van der Waals surface area contributed by atoms with E-state index in [2.05, 4.69) is 4.74 Å². The fourth-order valence-electron chi connectivity index (χ4n) is 1.72. The zero-order valence-corrected chi connectivity index (χ0v) is 9.36. The van der Waals surface area contributed by atoms with E-state index in [4.69, 9.17) is 4.74 Å². The lowest BCUT2D eigenvalue weighted by Gasteiger charge is -2.35. The Morgan fingerprint density at radius 1 is 1.67 bits per heavy atom. The van der Waals surface area contributed by atoms with Crippen molar-refractivity contribution in [3.05, 3.63) is 0 Å². The molecule has 2 atom stereocenters. The molecule has 0 saturated carbocycles. The average molecular weight is 215 g/mol. The van der Waals surface area contributed by atoms with Crippen molar-refractivity contribution in [1.82, 2.24) is 4.90 Å². The molecule has 0 radical (unpaired) electrons. The zero-order chi connectivity index (χ0) is 11.4. The maximum atomic E-state index is 11.6. The molecule has 0 aromatic rings. The number of likely N-dealkylation sites (N-methyl/N-ethyl adjacent to an activating group) is 1. The third-order valence-electron chi connectivity index (χ3n) is 2.52. The van der Waals surface area contributed by atoms with Gasteiger partial charge >= 0.3 is 11.9 Å². The summed E-state index contributed by atoms with van der Waals surface area (Å²) in [7, 11) is 1.31. The van der Waals surface area contributed by atoms with Gasteiger partial charge in [0.2, 0.25) is 0 Å². The first kappa shape index (κ1) is 12.0. The van der Waals surface area contributed by atoms with Crippen molar-refractivity contribution in [2.45, 2.75) is 32.4 Å². The van der Waals surface area contributed by atoms with E-state index >= 15 is 0 Å². The number of methoxy groups -OCH3 is 1. The van der Waals surface area contributed by atoms with E-state index in [9.17, 15) is 9.59 Å². The Hall–Kier alpha value is -1.10. The zero-order valence-electron chi connectivity index (χ0n) is 9.36. The van der Waals surface area contributed by atoms with Crippen LogP contribution in [0.25, 0.3) is 0 Å². The number of hydrogen-bond donors (Lipinski definition) is 0. The lowest BCUT2D eigenvalue weighted by Crippen LogP contribution is -2.52. The third kappa shape index (κ3) is 2.92. The molecule has 0 amide bonds. The molecular formula is C10H17NO4. The van der Waals surface area contributed by atoms with Gasteiger partial charge in [0, 0.05) is 6.54 Å². The summed E-state index contributed by atoms with van der Waals surface area (Å²) in [6.45, 7) is 5.19. The fourth-order valence-corrected chi connectivity index (χ4v) is 1.72. The molecule has 1 fully saturated rings. The molecule has 0 aliphatic carbocycles. The molecule has 1 aliphatic rings. The number of carbonyl (C=O) groups is 2. The monoisotopic (exact) mass is 215 g/mol. The first-order valence-electron chi connectivity index (χ1n) is 5.09. The summed E-state index contributed by atoms with van der Waals surface area (Å²) in [4.78, 5) is 24.6. The van der Waals surface area contributed by atoms with Crippen LogP contribution in [-0.2, 0) is 19.1 Å². The quantitative estimate of drug-likeness (QED) is 0.629. The molecule has 1 unspecified atom stereocenters. The van der Waals surface area contributed by atoms with Crippen LogP contribution in [0.2, 0.25) is 0 Å². The highest BCUT2D eigenvalue weighted by atomic mass is 16.6. The van der Waals surface area contributed by atoms with E-state index in [0.717, 1.165) is 6.54 Å². The van der Waals surface area contributed by atoms with Gasteiger partial charge in [-0.1, -0.05) is 6.92 Å². The molecule has 0 aromatic carbocycles. The van der Waals surface area contributed by atoms with Crippen molar-refractivity contribution in [2.24, 2.45) is 0 Å². The molecule has 1 rings (SSSR count). The maximum absolute atomic E-state index is 11.6. The third-order valence-corrected chi connectivity index (χ3v) is 2.52. The Kier molecular flexibility index (Phi) is 4.08. The van der Waals surface area contributed by atoms with Crippen LogP contribution in [0, 0.1) is 0 Å². The number of rotatable bonds is 3. The number of nitrogens with zero attached hydrogens (tertiary/aromatic N) is 1. The molecule has 0 spiro atoms. The highest BCUT2D eigenvalue weighted by molar-refractivity contribution is 5.83. The van der Waals surface area contributed by atoms with Crippen LogP contribution in [0.4, 0.5) is 0 Å². The Labute approximate surface area is 89.3 Å². The second kappa shape index (κ2) is 5.11. The van der Waals surface area contributed by atoms with Gasteiger partial charge in [-0.15, -0.1) is 0 Å². The largest absolute Gasteiger partial charge is 0.469 e. The van der Waals surface area contributed by atoms with Crippen molar-refractivity contribution in [1.29, 1.82) is 0 Å². The smallest absolute Gasteiger partial charge is 0.324 e. The van der Waals surface area contributed by atoms with E-state index in [-0.39, 0.29) is 24.5 Å². The predicted octanol–water partition coefficient (Wildman–Crippen LogP) is 0.185. The second-order valence-corrected chi connectivity index (χ2v) is 3.63. The lowest BCUT2D eigenvalue weighted by atomic mass is 10.1. The standard InChI is InChI=1S/C10H17NO4/c1-4-11-6-7(2)15-10(13)8(11)5-9(12)14-3/h7-8H,4-6H2,1-3H3/t7-,8?/m1/s1. The van der Waals surface area contributed by atoms with E-state index in [0.29, 0.717) is 6.54 Å². The summed E-state index contributed by atoms with van der Waals surface area (Å²) >= 11 is 0. The molecular weight excluding hydrogens is 198 g/mol. The van der Waals surface area contributed by atoms with E-state index in [1.807, 2.05) is 18.7 Å². The van der Waals surface area contributed by atoms with Crippen LogP contribution < -0.4 is 0 Å². The Bertz CT molecular complexity index is 254. The molecule has 5 heteroatoms. The molecule has 1 saturated heterocycles. The van der Waals surface area contributed by atoms with Crippen LogP contribution in [0.5, 0.6) is 0 Å². The lowest BCUT2D eigenvalue weighted by molar-refractivity contribution is -0.168. The van der Waals surface area contributed by atoms with Crippen LogP contribution in [-0.4, -0.2) is 49.2 Å². The van der Waals surface area contributed by atoms with E-state index in [1.54, 1.807) is 0 Å². The molecule has 1 aliphatic heterocycles. The predicted molar refractivity (Wildman–Crippen MR) is 53.2 cm³/mol. The Morgan fingerprint density at radius 3 is 2.87 bits per heavy atom. The van der Waals surface area contributed by atoms with Gasteiger partial charge in [-0.3, -0.25) is 14.5 Å². The van der Waals surface area contributed by atoms with Crippen molar-refractivity contribution in [3.8, 4) is 0 Å². The van der Waals surface area contributed by atoms with Gasteiger partial charge in [-0.2, -0.15) is 0 Å². The molecule has 86 valence electrons. The summed E-state index contributed by atoms with van der Waals surface area (Å²) in [5.41, 5.74) is 0. The molecule has 5 nitrogen and oxygen atoms in total. The van der Waals surface area contributed by atoms with Crippen LogP contribution in [0.15, 0.2) is 0 Å². The second-order valence-electron chi connectivity index (χ2n) is 3.63. The molecule has 1 heterocycles. The summed E-state index contributed by atoms with van der Waals surface area (Å²) in [6.07, 6.45) is -0.0399. The van der Waals surface area contributed by atoms with Crippen molar-refractivity contribution < 1.29 is 19.1 Å². The minimum Gasteiger partial charge on any atom is -0.469 e. The van der Waals surface area contributed by atoms with Gasteiger partial charge in [0.15, 0.2) is 0 Å². The highest BCUT2D eigenvalue weighted by Gasteiger charge is 2.35. The first-order valence-corrected chi connectivity index (χ1v) is 5.09. The van der Waals surface area contributed by atoms with E-state index in [1.165, 1.54) is 7.11 Å². The minimum absolute atomic E-state index is 0.0654. The van der Waals surface area contributed by atoms with Crippen molar-refractivity contribution in [3.63, 3.8) is 0 Å². The van der Waals surface area contributed by atoms with Gasteiger partial charge in [0.05, 0.1) is 13.5 Å². The van der Waals surface area contributed by atoms with Gasteiger partial charge in [-0.25, -0.2) is 0 Å². The topological polar surface area (TPSA) is 55.8 Å². The Morgan fingerprint density at radius 2 is 2.33 bits per heavy atom. The van der Waals surface area contributed by atoms with Crippen LogP contribution in [0.3, 0.4) is 0 Å². The van der Waals surface area contributed by atoms with Crippen molar-refractivity contribution >= 4 is 11.9 Å². The number of morpholine rings is 1. The molecule has 0 N–H and O–H groups in total. The molecule has 0 aromatic heterocycles. The normalized spacial score (nSPS) is 27.3. The van der Waals surface area contributed by atoms with Gasteiger partial charge in [-0.05, 0) is 13.5 Å². The Balaban J connectivity index is 2.65. The number of carbonyl (C=O) groups excluding carboxylic acids is 2. The van der Waals surface area contributed by atoms with Crippen LogP contribution in [0.1, 0.15) is 20.3 Å². The maximum Gasteiger partial charge on any atom is 0.324 e. The summed E-state index contributed by atoms with van der Waals surface area (Å²) in [6, 6.07) is -0.487. The van der Waals surface area contributed by atoms with Gasteiger partial charge in [0.25, 0.3) is 0 Å². The number of ether oxygens (including phenoxy) is 2. The van der Waals surface area contributed by atoms with Crippen molar-refractivity contribution in [2.75, 3.05) is 20.2 Å². The van der Waals surface area contributed by atoms with Gasteiger partial charge in [0.1, 0.15) is 12.1 Å². The minimum atomic E-state index is -0.487. The van der Waals surface area contributed by atoms with Gasteiger partial charge < -0.3 is 9.47 Å². The molecule has 0 bridgehead atoms.